The van der Waals surface area contributed by atoms with Crippen molar-refractivity contribution < 1.29 is 14.0 Å². The minimum absolute atomic E-state index is 0.0591. The van der Waals surface area contributed by atoms with Crippen molar-refractivity contribution >= 4 is 34.2 Å². The van der Waals surface area contributed by atoms with E-state index in [0.717, 1.165) is 24.2 Å². The fraction of sp³-hybridized carbons (Fsp3) is 0.121. The molecule has 7 nitrogen and oxygen atoms in total. The van der Waals surface area contributed by atoms with Gasteiger partial charge in [-0.15, -0.1) is 0 Å². The van der Waals surface area contributed by atoms with Crippen molar-refractivity contribution in [2.75, 3.05) is 36.4 Å². The second-order valence-corrected chi connectivity index (χ2v) is 9.71. The Balaban J connectivity index is 1.10. The van der Waals surface area contributed by atoms with E-state index in [1.165, 1.54) is 0 Å². The Hall–Kier alpha value is -5.17. The predicted molar refractivity (Wildman–Crippen MR) is 157 cm³/mol. The number of anilines is 2. The van der Waals surface area contributed by atoms with Crippen LogP contribution in [-0.4, -0.2) is 42.9 Å². The fourth-order valence-corrected chi connectivity index (χ4v) is 4.98. The van der Waals surface area contributed by atoms with E-state index >= 15 is 0 Å². The molecule has 5 aromatic rings. The number of fused-ring (bicyclic) bond motifs is 1. The zero-order chi connectivity index (χ0) is 27.5. The molecule has 1 aliphatic rings. The second-order valence-electron chi connectivity index (χ2n) is 9.71. The van der Waals surface area contributed by atoms with E-state index in [9.17, 15) is 14.4 Å². The maximum absolute atomic E-state index is 13.0. The lowest BCUT2D eigenvalue weighted by atomic mass is 10.0. The van der Waals surface area contributed by atoms with Gasteiger partial charge in [-0.2, -0.15) is 0 Å². The van der Waals surface area contributed by atoms with Crippen LogP contribution in [0, 0.1) is 0 Å². The normalized spacial score (nSPS) is 13.3. The lowest BCUT2D eigenvalue weighted by Crippen LogP contribution is -2.48. The Bertz CT molecular complexity index is 1740. The Labute approximate surface area is 231 Å². The van der Waals surface area contributed by atoms with E-state index in [1.807, 2.05) is 77.7 Å². The molecule has 198 valence electrons. The summed E-state index contributed by atoms with van der Waals surface area (Å²) in [5.41, 5.74) is 3.96. The average molecular weight is 530 g/mol. The summed E-state index contributed by atoms with van der Waals surface area (Å²) in [6.45, 7) is 2.77. The van der Waals surface area contributed by atoms with Gasteiger partial charge in [0.2, 0.25) is 0 Å². The molecule has 4 aromatic carbocycles. The second kappa shape index (κ2) is 10.9. The molecule has 1 fully saturated rings. The Morgan fingerprint density at radius 1 is 0.700 bits per heavy atom. The van der Waals surface area contributed by atoms with Crippen LogP contribution in [-0.2, 0) is 0 Å². The summed E-state index contributed by atoms with van der Waals surface area (Å²) in [6, 6.07) is 33.1. The molecule has 2 heterocycles. The van der Waals surface area contributed by atoms with E-state index in [-0.39, 0.29) is 11.8 Å². The Morgan fingerprint density at radius 3 is 2.17 bits per heavy atom. The van der Waals surface area contributed by atoms with Crippen molar-refractivity contribution in [3.05, 3.63) is 131 Å². The first-order chi connectivity index (χ1) is 19.5. The van der Waals surface area contributed by atoms with Crippen LogP contribution < -0.4 is 15.8 Å². The van der Waals surface area contributed by atoms with Gasteiger partial charge in [-0.05, 0) is 66.2 Å². The van der Waals surface area contributed by atoms with Gasteiger partial charge in [0.05, 0.1) is 5.56 Å². The fourth-order valence-electron chi connectivity index (χ4n) is 4.98. The van der Waals surface area contributed by atoms with Crippen LogP contribution in [0.2, 0.25) is 0 Å². The number of para-hydroxylation sites is 1. The highest BCUT2D eigenvalue weighted by molar-refractivity contribution is 6.05. The molecule has 1 N–H and O–H groups in total. The third kappa shape index (κ3) is 5.22. The Kier molecular flexibility index (Phi) is 6.85. The monoisotopic (exact) mass is 529 g/mol. The van der Waals surface area contributed by atoms with Gasteiger partial charge in [-0.25, -0.2) is 4.79 Å². The van der Waals surface area contributed by atoms with E-state index in [1.54, 1.807) is 36.4 Å². The van der Waals surface area contributed by atoms with Gasteiger partial charge in [0.15, 0.2) is 0 Å². The largest absolute Gasteiger partial charge is 0.422 e. The van der Waals surface area contributed by atoms with E-state index in [4.69, 9.17) is 4.42 Å². The topological polar surface area (TPSA) is 82.9 Å². The van der Waals surface area contributed by atoms with Crippen molar-refractivity contribution in [1.82, 2.24) is 4.90 Å². The summed E-state index contributed by atoms with van der Waals surface area (Å²) in [5, 5.41) is 3.76. The summed E-state index contributed by atoms with van der Waals surface area (Å²) in [6.07, 6.45) is 0. The lowest BCUT2D eigenvalue weighted by molar-refractivity contribution is 0.0746. The minimum Gasteiger partial charge on any atom is -0.422 e. The SMILES string of the molecule is O=C(Nc1ccc(N2CCN(C(=O)c3ccccc3)CC2)cc1)c1cccc(-c2cc3ccccc3oc2=O)c1. The smallest absolute Gasteiger partial charge is 0.344 e. The maximum atomic E-state index is 13.0. The molecule has 1 saturated heterocycles. The standard InChI is InChI=1S/C33H27N3O4/c37-31(26-11-6-10-24(21-26)29-22-25-9-4-5-12-30(25)40-33(29)39)34-27-13-15-28(16-14-27)35-17-19-36(20-18-35)32(38)23-7-2-1-3-8-23/h1-16,21-22H,17-20H2,(H,34,37). The molecule has 40 heavy (non-hydrogen) atoms. The van der Waals surface area contributed by atoms with Gasteiger partial charge < -0.3 is 19.5 Å². The van der Waals surface area contributed by atoms with Crippen molar-refractivity contribution in [1.29, 1.82) is 0 Å². The molecular weight excluding hydrogens is 502 g/mol. The third-order valence-electron chi connectivity index (χ3n) is 7.16. The summed E-state index contributed by atoms with van der Waals surface area (Å²) < 4.78 is 5.46. The molecule has 0 saturated carbocycles. The summed E-state index contributed by atoms with van der Waals surface area (Å²) >= 11 is 0. The first-order valence-corrected chi connectivity index (χ1v) is 13.2. The van der Waals surface area contributed by atoms with Crippen molar-refractivity contribution in [2.45, 2.75) is 0 Å². The molecule has 2 amide bonds. The molecule has 7 heteroatoms. The lowest BCUT2D eigenvalue weighted by Gasteiger charge is -2.36. The molecule has 0 bridgehead atoms. The highest BCUT2D eigenvalue weighted by Crippen LogP contribution is 2.24. The predicted octanol–water partition coefficient (Wildman–Crippen LogP) is 5.67. The van der Waals surface area contributed by atoms with E-state index in [0.29, 0.717) is 46.6 Å². The molecule has 0 atom stereocenters. The number of nitrogens with zero attached hydrogens (tertiary/aromatic N) is 2. The molecule has 1 aromatic heterocycles. The molecule has 0 unspecified atom stereocenters. The number of hydrogen-bond donors (Lipinski definition) is 1. The van der Waals surface area contributed by atoms with Gasteiger partial charge in [0.1, 0.15) is 5.58 Å². The van der Waals surface area contributed by atoms with Crippen LogP contribution in [0.15, 0.2) is 118 Å². The van der Waals surface area contributed by atoms with E-state index < -0.39 is 5.63 Å². The van der Waals surface area contributed by atoms with E-state index in [2.05, 4.69) is 10.2 Å². The number of amides is 2. The molecule has 1 aliphatic heterocycles. The number of rotatable bonds is 5. The number of carbonyl (C=O) groups excluding carboxylic acids is 2. The van der Waals surface area contributed by atoms with Crippen LogP contribution in [0.5, 0.6) is 0 Å². The maximum Gasteiger partial charge on any atom is 0.344 e. The zero-order valence-corrected chi connectivity index (χ0v) is 21.7. The molecule has 0 radical (unpaired) electrons. The van der Waals surface area contributed by atoms with Gasteiger partial charge in [0, 0.05) is 54.1 Å². The highest BCUT2D eigenvalue weighted by atomic mass is 16.4. The number of nitrogens with one attached hydrogen (secondary N) is 1. The van der Waals surface area contributed by atoms with Crippen molar-refractivity contribution in [3.8, 4) is 11.1 Å². The van der Waals surface area contributed by atoms with Gasteiger partial charge in [-0.1, -0.05) is 48.5 Å². The van der Waals surface area contributed by atoms with Gasteiger partial charge in [-0.3, -0.25) is 9.59 Å². The molecule has 0 spiro atoms. The average Bonchev–Trinajstić information content (AvgIpc) is 3.01. The molecule has 6 rings (SSSR count). The number of piperazine rings is 1. The highest BCUT2D eigenvalue weighted by Gasteiger charge is 2.22. The third-order valence-corrected chi connectivity index (χ3v) is 7.16. The molecular formula is C33H27N3O4. The van der Waals surface area contributed by atoms with Crippen molar-refractivity contribution in [3.63, 3.8) is 0 Å². The first-order valence-electron chi connectivity index (χ1n) is 13.2. The van der Waals surface area contributed by atoms with Crippen molar-refractivity contribution in [2.24, 2.45) is 0 Å². The minimum atomic E-state index is -0.447. The van der Waals surface area contributed by atoms with Gasteiger partial charge in [0.25, 0.3) is 11.8 Å². The van der Waals surface area contributed by atoms with Crippen LogP contribution in [0.25, 0.3) is 22.1 Å². The zero-order valence-electron chi connectivity index (χ0n) is 21.7. The summed E-state index contributed by atoms with van der Waals surface area (Å²) in [7, 11) is 0. The number of benzene rings is 4. The van der Waals surface area contributed by atoms with Crippen LogP contribution >= 0.6 is 0 Å². The first kappa shape index (κ1) is 25.1. The molecule has 0 aliphatic carbocycles. The number of carbonyl (C=O) groups is 2. The Morgan fingerprint density at radius 2 is 1.40 bits per heavy atom. The van der Waals surface area contributed by atoms with Crippen LogP contribution in [0.3, 0.4) is 0 Å². The van der Waals surface area contributed by atoms with Crippen LogP contribution in [0.1, 0.15) is 20.7 Å². The summed E-state index contributed by atoms with van der Waals surface area (Å²) in [4.78, 5) is 42.5. The quantitative estimate of drug-likeness (QED) is 0.297. The van der Waals surface area contributed by atoms with Gasteiger partial charge >= 0.3 is 5.63 Å². The number of hydrogen-bond acceptors (Lipinski definition) is 5. The van der Waals surface area contributed by atoms with Crippen LogP contribution in [0.4, 0.5) is 11.4 Å². The summed E-state index contributed by atoms with van der Waals surface area (Å²) in [5.74, 6) is -0.211.